The average molecular weight is 1020 g/mol. The van der Waals surface area contributed by atoms with Crippen molar-refractivity contribution in [2.75, 3.05) is 13.2 Å². The zero-order valence-electron chi connectivity index (χ0n) is 47.8. The van der Waals surface area contributed by atoms with Crippen LogP contribution in [0.1, 0.15) is 258 Å². The van der Waals surface area contributed by atoms with Crippen LogP contribution in [0, 0.1) is 0 Å². The molecule has 1 unspecified atom stereocenters. The van der Waals surface area contributed by atoms with Crippen molar-refractivity contribution in [2.24, 2.45) is 0 Å². The first-order valence-electron chi connectivity index (χ1n) is 30.2. The minimum Gasteiger partial charge on any atom is -0.462 e. The van der Waals surface area contributed by atoms with Crippen LogP contribution in [0.5, 0.6) is 0 Å². The Morgan fingerprint density at radius 1 is 0.284 bits per heavy atom. The smallest absolute Gasteiger partial charge is 0.306 e. The van der Waals surface area contributed by atoms with E-state index < -0.39 is 6.10 Å². The van der Waals surface area contributed by atoms with Crippen molar-refractivity contribution in [1.29, 1.82) is 0 Å². The standard InChI is InChI=1S/C68H110O6/c1-4-7-10-13-16-19-22-25-28-30-32-33-34-35-36-38-40-43-46-49-52-55-58-61-67(70)73-64-65(63-72-66(69)60-57-54-51-48-45-42-39-27-24-21-18-15-12-9-6-3)74-68(71)62-59-56-53-50-47-44-41-37-31-29-26-23-20-17-14-11-8-5-2/h7,9-10,12,16,18-19,21,25,27-28,32-33,35-36,39-40,43,45,48-49,52,65H,4-6,8,11,13-15,17,20,22-24,26,29-31,34,37-38,41-42,44,46-47,50-51,53-64H2,1-3H3/b10-7-,12-9-,19-16-,21-18-,28-25-,33-32-,36-35-,39-27-,43-40-,48-45-,52-49-. The Bertz CT molecular complexity index is 1600. The molecular weight excluding hydrogens is 913 g/mol. The molecule has 0 aliphatic carbocycles. The van der Waals surface area contributed by atoms with E-state index in [0.29, 0.717) is 25.7 Å². The maximum atomic E-state index is 12.9. The molecule has 0 bridgehead atoms. The van der Waals surface area contributed by atoms with Crippen LogP contribution in [0.15, 0.2) is 134 Å². The van der Waals surface area contributed by atoms with Gasteiger partial charge in [-0.25, -0.2) is 0 Å². The average Bonchev–Trinajstić information content (AvgIpc) is 3.40. The summed E-state index contributed by atoms with van der Waals surface area (Å²) in [4.78, 5) is 38.2. The van der Waals surface area contributed by atoms with Crippen LogP contribution < -0.4 is 0 Å². The highest BCUT2D eigenvalue weighted by molar-refractivity contribution is 5.71. The Hall–Kier alpha value is -4.45. The van der Waals surface area contributed by atoms with Crippen LogP contribution in [0.2, 0.25) is 0 Å². The minimum atomic E-state index is -0.823. The molecule has 0 saturated carbocycles. The van der Waals surface area contributed by atoms with Gasteiger partial charge in [-0.3, -0.25) is 14.4 Å². The number of hydrogen-bond donors (Lipinski definition) is 0. The summed E-state index contributed by atoms with van der Waals surface area (Å²) in [5.41, 5.74) is 0. The lowest BCUT2D eigenvalue weighted by molar-refractivity contribution is -0.167. The van der Waals surface area contributed by atoms with Gasteiger partial charge in [0.2, 0.25) is 0 Å². The summed E-state index contributed by atoms with van der Waals surface area (Å²) in [6.45, 7) is 6.34. The van der Waals surface area contributed by atoms with Crippen molar-refractivity contribution in [3.8, 4) is 0 Å². The summed E-state index contributed by atoms with van der Waals surface area (Å²) in [7, 11) is 0. The normalized spacial score (nSPS) is 13.1. The minimum absolute atomic E-state index is 0.120. The Balaban J connectivity index is 4.53. The van der Waals surface area contributed by atoms with Crippen molar-refractivity contribution in [3.63, 3.8) is 0 Å². The third-order valence-electron chi connectivity index (χ3n) is 12.4. The third-order valence-corrected chi connectivity index (χ3v) is 12.4. The van der Waals surface area contributed by atoms with Crippen LogP contribution >= 0.6 is 0 Å². The maximum Gasteiger partial charge on any atom is 0.306 e. The van der Waals surface area contributed by atoms with Crippen molar-refractivity contribution in [2.45, 2.75) is 264 Å². The van der Waals surface area contributed by atoms with E-state index in [4.69, 9.17) is 14.2 Å². The second-order valence-corrected chi connectivity index (χ2v) is 19.5. The van der Waals surface area contributed by atoms with E-state index in [1.165, 1.54) is 96.3 Å². The fourth-order valence-electron chi connectivity index (χ4n) is 7.95. The monoisotopic (exact) mass is 1020 g/mol. The topological polar surface area (TPSA) is 78.9 Å². The lowest BCUT2D eigenvalue weighted by Gasteiger charge is -2.18. The summed E-state index contributed by atoms with van der Waals surface area (Å²) in [5.74, 6) is -1.02. The second kappa shape index (κ2) is 61.1. The number of allylic oxidation sites excluding steroid dienone is 22. The van der Waals surface area contributed by atoms with Crippen LogP contribution in [0.4, 0.5) is 0 Å². The molecule has 0 spiro atoms. The molecule has 74 heavy (non-hydrogen) atoms. The third kappa shape index (κ3) is 58.4. The molecule has 0 amide bonds. The van der Waals surface area contributed by atoms with Gasteiger partial charge in [-0.15, -0.1) is 0 Å². The number of carbonyl (C=O) groups excluding carboxylic acids is 3. The van der Waals surface area contributed by atoms with Crippen LogP contribution in [0.25, 0.3) is 0 Å². The number of esters is 3. The molecule has 0 fully saturated rings. The summed E-state index contributed by atoms with van der Waals surface area (Å²) in [6.07, 6.45) is 86.0. The fraction of sp³-hybridized carbons (Fsp3) is 0.632. The molecule has 0 aromatic heterocycles. The van der Waals surface area contributed by atoms with E-state index in [2.05, 4.69) is 154 Å². The molecule has 0 radical (unpaired) electrons. The second-order valence-electron chi connectivity index (χ2n) is 19.5. The number of hydrogen-bond acceptors (Lipinski definition) is 6. The van der Waals surface area contributed by atoms with E-state index in [-0.39, 0.29) is 37.5 Å². The first kappa shape index (κ1) is 69.5. The van der Waals surface area contributed by atoms with Crippen LogP contribution in [-0.4, -0.2) is 37.2 Å². The van der Waals surface area contributed by atoms with E-state index >= 15 is 0 Å². The highest BCUT2D eigenvalue weighted by atomic mass is 16.6. The maximum absolute atomic E-state index is 12.9. The van der Waals surface area contributed by atoms with Crippen molar-refractivity contribution < 1.29 is 28.6 Å². The zero-order valence-corrected chi connectivity index (χ0v) is 47.8. The van der Waals surface area contributed by atoms with Gasteiger partial charge in [-0.05, 0) is 109 Å². The molecule has 0 aromatic carbocycles. The highest BCUT2D eigenvalue weighted by Gasteiger charge is 2.19. The van der Waals surface area contributed by atoms with Gasteiger partial charge in [0, 0.05) is 19.3 Å². The summed E-state index contributed by atoms with van der Waals surface area (Å²) < 4.78 is 16.8. The number of carbonyl (C=O) groups is 3. The van der Waals surface area contributed by atoms with Crippen molar-refractivity contribution in [1.82, 2.24) is 0 Å². The van der Waals surface area contributed by atoms with E-state index in [1.54, 1.807) is 0 Å². The molecule has 0 saturated heterocycles. The van der Waals surface area contributed by atoms with Gasteiger partial charge in [-0.2, -0.15) is 0 Å². The van der Waals surface area contributed by atoms with Gasteiger partial charge < -0.3 is 14.2 Å². The van der Waals surface area contributed by atoms with Crippen LogP contribution in [-0.2, 0) is 28.6 Å². The molecule has 6 nitrogen and oxygen atoms in total. The van der Waals surface area contributed by atoms with E-state index in [0.717, 1.165) is 109 Å². The summed E-state index contributed by atoms with van der Waals surface area (Å²) >= 11 is 0. The van der Waals surface area contributed by atoms with Crippen molar-refractivity contribution >= 4 is 17.9 Å². The van der Waals surface area contributed by atoms with E-state index in [1.807, 2.05) is 0 Å². The van der Waals surface area contributed by atoms with Gasteiger partial charge in [0.05, 0.1) is 0 Å². The molecule has 0 aliphatic rings. The predicted octanol–water partition coefficient (Wildman–Crippen LogP) is 20.6. The first-order valence-corrected chi connectivity index (χ1v) is 30.2. The molecule has 0 heterocycles. The molecule has 0 aromatic rings. The lowest BCUT2D eigenvalue weighted by Crippen LogP contribution is -2.30. The van der Waals surface area contributed by atoms with E-state index in [9.17, 15) is 14.4 Å². The Morgan fingerprint density at radius 2 is 0.541 bits per heavy atom. The van der Waals surface area contributed by atoms with Gasteiger partial charge in [0.1, 0.15) is 13.2 Å². The quantitative estimate of drug-likeness (QED) is 0.0261. The molecular formula is C68H110O6. The Kier molecular flexibility index (Phi) is 57.4. The molecule has 1 atom stereocenters. The molecule has 0 aliphatic heterocycles. The number of ether oxygens (including phenoxy) is 3. The fourth-order valence-corrected chi connectivity index (χ4v) is 7.95. The predicted molar refractivity (Wildman–Crippen MR) is 320 cm³/mol. The summed E-state index contributed by atoms with van der Waals surface area (Å²) in [5, 5.41) is 0. The lowest BCUT2D eigenvalue weighted by atomic mass is 10.0. The first-order chi connectivity index (χ1) is 36.5. The summed E-state index contributed by atoms with van der Waals surface area (Å²) in [6, 6.07) is 0. The largest absolute Gasteiger partial charge is 0.462 e. The van der Waals surface area contributed by atoms with Gasteiger partial charge >= 0.3 is 17.9 Å². The molecule has 6 heteroatoms. The molecule has 418 valence electrons. The van der Waals surface area contributed by atoms with Gasteiger partial charge in [0.25, 0.3) is 0 Å². The SMILES string of the molecule is CC/C=C\C/C=C\C/C=C\C/C=C\C/C=C\C/C=C\C/C=C\CCCC(=O)OCC(COC(=O)CCCC/C=C\C/C=C\C/C=C\C/C=C\CC)OC(=O)CCCCCCCCCCCCCCCCCCCC. The Labute approximate surface area is 455 Å². The van der Waals surface area contributed by atoms with Gasteiger partial charge in [0.15, 0.2) is 6.10 Å². The highest BCUT2D eigenvalue weighted by Crippen LogP contribution is 2.16. The van der Waals surface area contributed by atoms with Crippen molar-refractivity contribution in [3.05, 3.63) is 134 Å². The number of rotatable bonds is 53. The van der Waals surface area contributed by atoms with Crippen LogP contribution in [0.3, 0.4) is 0 Å². The Morgan fingerprint density at radius 3 is 0.878 bits per heavy atom. The molecule has 0 N–H and O–H groups in total. The van der Waals surface area contributed by atoms with Gasteiger partial charge in [-0.1, -0.05) is 264 Å². The molecule has 0 rings (SSSR count). The zero-order chi connectivity index (χ0) is 53.6. The number of unbranched alkanes of at least 4 members (excludes halogenated alkanes) is 20.